The van der Waals surface area contributed by atoms with Gasteiger partial charge in [0, 0.05) is 18.7 Å². The average molecular weight is 263 g/mol. The van der Waals surface area contributed by atoms with Crippen molar-refractivity contribution < 1.29 is 5.11 Å². The molecule has 2 aliphatic carbocycles. The van der Waals surface area contributed by atoms with Crippen LogP contribution in [0.25, 0.3) is 0 Å². The molecule has 0 amide bonds. The highest BCUT2D eigenvalue weighted by atomic mass is 16.3. The number of nitrogens with zero attached hydrogens (tertiary/aromatic N) is 2. The standard InChI is InChI=1S/C15H25N3O/c16-12-6-8-15(19,10-12)11-13-7-9-18(17-13)14-4-2-1-3-5-14/h7,9,12,14,19H,1-6,8,10-11,16H2. The highest BCUT2D eigenvalue weighted by molar-refractivity contribution is 5.07. The van der Waals surface area contributed by atoms with Crippen LogP contribution in [0.4, 0.5) is 0 Å². The minimum Gasteiger partial charge on any atom is -0.389 e. The Morgan fingerprint density at radius 3 is 2.79 bits per heavy atom. The Morgan fingerprint density at radius 2 is 2.11 bits per heavy atom. The molecule has 4 nitrogen and oxygen atoms in total. The van der Waals surface area contributed by atoms with Gasteiger partial charge in [0.1, 0.15) is 0 Å². The van der Waals surface area contributed by atoms with Crippen molar-refractivity contribution in [3.05, 3.63) is 18.0 Å². The third-order valence-electron chi connectivity index (χ3n) is 4.75. The van der Waals surface area contributed by atoms with Crippen LogP contribution in [0.2, 0.25) is 0 Å². The van der Waals surface area contributed by atoms with Crippen molar-refractivity contribution in [3.8, 4) is 0 Å². The summed E-state index contributed by atoms with van der Waals surface area (Å²) in [5.74, 6) is 0. The Kier molecular flexibility index (Phi) is 3.63. The van der Waals surface area contributed by atoms with E-state index in [0.717, 1.165) is 18.5 Å². The van der Waals surface area contributed by atoms with Gasteiger partial charge in [-0.15, -0.1) is 0 Å². The zero-order valence-corrected chi connectivity index (χ0v) is 11.6. The fourth-order valence-electron chi connectivity index (χ4n) is 3.66. The molecule has 19 heavy (non-hydrogen) atoms. The van der Waals surface area contributed by atoms with Crippen molar-refractivity contribution in [2.75, 3.05) is 0 Å². The summed E-state index contributed by atoms with van der Waals surface area (Å²) >= 11 is 0. The second-order valence-corrected chi connectivity index (χ2v) is 6.48. The predicted molar refractivity (Wildman–Crippen MR) is 74.8 cm³/mol. The van der Waals surface area contributed by atoms with Gasteiger partial charge in [0.25, 0.3) is 0 Å². The lowest BCUT2D eigenvalue weighted by atomic mass is 9.96. The molecule has 0 bridgehead atoms. The molecule has 1 aromatic rings. The maximum Gasteiger partial charge on any atom is 0.0719 e. The zero-order valence-electron chi connectivity index (χ0n) is 11.6. The van der Waals surface area contributed by atoms with Crippen LogP contribution in [0.1, 0.15) is 63.1 Å². The zero-order chi connectivity index (χ0) is 13.3. The van der Waals surface area contributed by atoms with E-state index in [4.69, 9.17) is 5.73 Å². The molecule has 1 aromatic heterocycles. The molecule has 2 unspecified atom stereocenters. The van der Waals surface area contributed by atoms with Crippen LogP contribution < -0.4 is 5.73 Å². The molecule has 3 N–H and O–H groups in total. The van der Waals surface area contributed by atoms with Crippen molar-refractivity contribution in [1.29, 1.82) is 0 Å². The van der Waals surface area contributed by atoms with Crippen molar-refractivity contribution in [3.63, 3.8) is 0 Å². The van der Waals surface area contributed by atoms with Crippen molar-refractivity contribution >= 4 is 0 Å². The van der Waals surface area contributed by atoms with Crippen LogP contribution in [0, 0.1) is 0 Å². The molecule has 4 heteroatoms. The summed E-state index contributed by atoms with van der Waals surface area (Å²) in [6.45, 7) is 0. The lowest BCUT2D eigenvalue weighted by molar-refractivity contribution is 0.0456. The van der Waals surface area contributed by atoms with E-state index < -0.39 is 5.60 Å². The van der Waals surface area contributed by atoms with Gasteiger partial charge in [0.2, 0.25) is 0 Å². The minimum atomic E-state index is -0.620. The summed E-state index contributed by atoms with van der Waals surface area (Å²) in [6.07, 6.45) is 11.7. The maximum absolute atomic E-state index is 10.5. The smallest absolute Gasteiger partial charge is 0.0719 e. The predicted octanol–water partition coefficient (Wildman–Crippen LogP) is 2.17. The number of nitrogens with two attached hydrogens (primary N) is 1. The van der Waals surface area contributed by atoms with Crippen LogP contribution in [0.5, 0.6) is 0 Å². The fraction of sp³-hybridized carbons (Fsp3) is 0.800. The molecule has 0 aliphatic heterocycles. The Labute approximate surface area is 115 Å². The Balaban J connectivity index is 1.64. The van der Waals surface area contributed by atoms with Gasteiger partial charge in [-0.1, -0.05) is 19.3 Å². The van der Waals surface area contributed by atoms with Gasteiger partial charge in [-0.3, -0.25) is 4.68 Å². The van der Waals surface area contributed by atoms with E-state index in [-0.39, 0.29) is 6.04 Å². The van der Waals surface area contributed by atoms with E-state index in [1.807, 2.05) is 0 Å². The summed E-state index contributed by atoms with van der Waals surface area (Å²) in [6, 6.07) is 2.80. The molecule has 0 aromatic carbocycles. The molecule has 106 valence electrons. The van der Waals surface area contributed by atoms with E-state index >= 15 is 0 Å². The van der Waals surface area contributed by atoms with Gasteiger partial charge in [0.15, 0.2) is 0 Å². The summed E-state index contributed by atoms with van der Waals surface area (Å²) < 4.78 is 2.12. The van der Waals surface area contributed by atoms with Gasteiger partial charge >= 0.3 is 0 Å². The largest absolute Gasteiger partial charge is 0.389 e. The summed E-state index contributed by atoms with van der Waals surface area (Å²) in [5, 5.41) is 15.2. The average Bonchev–Trinajstić information content (AvgIpc) is 2.98. The minimum absolute atomic E-state index is 0.158. The van der Waals surface area contributed by atoms with Crippen molar-refractivity contribution in [2.45, 2.75) is 75.5 Å². The van der Waals surface area contributed by atoms with Crippen molar-refractivity contribution in [1.82, 2.24) is 9.78 Å². The Bertz CT molecular complexity index is 425. The monoisotopic (exact) mass is 263 g/mol. The number of hydrogen-bond acceptors (Lipinski definition) is 3. The van der Waals surface area contributed by atoms with Crippen LogP contribution in [0.3, 0.4) is 0 Å². The van der Waals surface area contributed by atoms with Gasteiger partial charge in [-0.2, -0.15) is 5.10 Å². The molecule has 2 fully saturated rings. The van der Waals surface area contributed by atoms with Gasteiger partial charge in [-0.25, -0.2) is 0 Å². The van der Waals surface area contributed by atoms with E-state index in [1.54, 1.807) is 0 Å². The van der Waals surface area contributed by atoms with Crippen LogP contribution in [-0.2, 0) is 6.42 Å². The molecule has 2 saturated carbocycles. The first-order chi connectivity index (χ1) is 9.15. The Hall–Kier alpha value is -0.870. The summed E-state index contributed by atoms with van der Waals surface area (Å²) in [4.78, 5) is 0. The highest BCUT2D eigenvalue weighted by Crippen LogP contribution is 2.32. The first-order valence-electron chi connectivity index (χ1n) is 7.67. The quantitative estimate of drug-likeness (QED) is 0.878. The number of hydrogen-bond donors (Lipinski definition) is 2. The molecular weight excluding hydrogens is 238 g/mol. The molecule has 0 spiro atoms. The maximum atomic E-state index is 10.5. The van der Waals surface area contributed by atoms with E-state index in [1.165, 1.54) is 32.1 Å². The molecule has 2 atom stereocenters. The van der Waals surface area contributed by atoms with Gasteiger partial charge in [0.05, 0.1) is 17.3 Å². The van der Waals surface area contributed by atoms with Crippen LogP contribution >= 0.6 is 0 Å². The normalized spacial score (nSPS) is 32.8. The number of aliphatic hydroxyl groups is 1. The van der Waals surface area contributed by atoms with Crippen molar-refractivity contribution in [2.24, 2.45) is 5.73 Å². The van der Waals surface area contributed by atoms with Crippen LogP contribution in [0.15, 0.2) is 12.3 Å². The second-order valence-electron chi connectivity index (χ2n) is 6.48. The van der Waals surface area contributed by atoms with E-state index in [2.05, 4.69) is 22.0 Å². The third-order valence-corrected chi connectivity index (χ3v) is 4.75. The summed E-state index contributed by atoms with van der Waals surface area (Å²) in [5.41, 5.74) is 6.30. The Morgan fingerprint density at radius 1 is 1.32 bits per heavy atom. The molecular formula is C15H25N3O. The lowest BCUT2D eigenvalue weighted by Crippen LogP contribution is -2.30. The van der Waals surface area contributed by atoms with E-state index in [0.29, 0.717) is 18.9 Å². The SMILES string of the molecule is NC1CCC(O)(Cc2ccn(C3CCCCC3)n2)C1. The molecule has 0 radical (unpaired) electrons. The first-order valence-corrected chi connectivity index (χ1v) is 7.67. The first kappa shape index (κ1) is 13.1. The highest BCUT2D eigenvalue weighted by Gasteiger charge is 2.36. The summed E-state index contributed by atoms with van der Waals surface area (Å²) in [7, 11) is 0. The third kappa shape index (κ3) is 3.00. The molecule has 0 saturated heterocycles. The van der Waals surface area contributed by atoms with Crippen LogP contribution in [-0.4, -0.2) is 26.5 Å². The van der Waals surface area contributed by atoms with Gasteiger partial charge in [-0.05, 0) is 38.2 Å². The molecule has 1 heterocycles. The van der Waals surface area contributed by atoms with E-state index in [9.17, 15) is 5.11 Å². The molecule has 2 aliphatic rings. The fourth-order valence-corrected chi connectivity index (χ4v) is 3.66. The topological polar surface area (TPSA) is 64.1 Å². The number of aromatic nitrogens is 2. The second kappa shape index (κ2) is 5.25. The molecule has 3 rings (SSSR count). The van der Waals surface area contributed by atoms with Gasteiger partial charge < -0.3 is 10.8 Å². The number of rotatable bonds is 3. The lowest BCUT2D eigenvalue weighted by Gasteiger charge is -2.23.